The second-order valence-electron chi connectivity index (χ2n) is 7.12. The van der Waals surface area contributed by atoms with Crippen LogP contribution >= 0.6 is 11.6 Å². The number of fused-ring (bicyclic) bond motifs is 1. The molecule has 6 nitrogen and oxygen atoms in total. The topological polar surface area (TPSA) is 67.2 Å². The molecule has 0 radical (unpaired) electrons. The van der Waals surface area contributed by atoms with Gasteiger partial charge in [-0.1, -0.05) is 41.9 Å². The molecule has 0 spiro atoms. The summed E-state index contributed by atoms with van der Waals surface area (Å²) >= 11 is 5.98. The lowest BCUT2D eigenvalue weighted by Crippen LogP contribution is -2.38. The van der Waals surface area contributed by atoms with Crippen molar-refractivity contribution in [2.45, 2.75) is 26.4 Å². The third kappa shape index (κ3) is 4.32. The van der Waals surface area contributed by atoms with Crippen molar-refractivity contribution < 1.29 is 4.79 Å². The molecule has 1 aliphatic heterocycles. The van der Waals surface area contributed by atoms with Crippen molar-refractivity contribution in [3.8, 4) is 0 Å². The molecule has 7 heteroatoms. The van der Waals surface area contributed by atoms with Crippen LogP contribution in [0.4, 0.5) is 11.6 Å². The summed E-state index contributed by atoms with van der Waals surface area (Å²) in [5.74, 6) is 0.212. The normalized spacial score (nSPS) is 13.1. The summed E-state index contributed by atoms with van der Waals surface area (Å²) in [6.07, 6.45) is 0.870. The van der Waals surface area contributed by atoms with Gasteiger partial charge in [-0.3, -0.25) is 14.2 Å². The summed E-state index contributed by atoms with van der Waals surface area (Å²) in [5, 5.41) is 3.32. The second-order valence-corrected chi connectivity index (χ2v) is 7.56. The van der Waals surface area contributed by atoms with E-state index in [1.807, 2.05) is 12.1 Å². The first-order valence-corrected chi connectivity index (χ1v) is 9.83. The maximum Gasteiger partial charge on any atom is 0.255 e. The smallest absolute Gasteiger partial charge is 0.255 e. The fourth-order valence-electron chi connectivity index (χ4n) is 3.57. The number of aryl methyl sites for hydroxylation is 1. The average molecular weight is 409 g/mol. The maximum atomic E-state index is 12.7. The minimum Gasteiger partial charge on any atom is -0.337 e. The van der Waals surface area contributed by atoms with Gasteiger partial charge in [0.05, 0.1) is 0 Å². The van der Waals surface area contributed by atoms with E-state index in [2.05, 4.69) is 27.3 Å². The van der Waals surface area contributed by atoms with Gasteiger partial charge in [0, 0.05) is 35.6 Å². The first-order chi connectivity index (χ1) is 14.0. The van der Waals surface area contributed by atoms with Gasteiger partial charge in [0.15, 0.2) is 0 Å². The Morgan fingerprint density at radius 3 is 2.72 bits per heavy atom. The molecular formula is C22H21ClN4O2. The third-order valence-corrected chi connectivity index (χ3v) is 5.17. The monoisotopic (exact) mass is 408 g/mol. The third-order valence-electron chi connectivity index (χ3n) is 4.94. The highest BCUT2D eigenvalue weighted by molar-refractivity contribution is 6.30. The zero-order valence-corrected chi connectivity index (χ0v) is 16.8. The summed E-state index contributed by atoms with van der Waals surface area (Å²) in [7, 11) is 0. The van der Waals surface area contributed by atoms with Crippen LogP contribution in [0.2, 0.25) is 5.02 Å². The number of carbonyl (C=O) groups is 1. The van der Waals surface area contributed by atoms with Gasteiger partial charge in [0.1, 0.15) is 6.54 Å². The Morgan fingerprint density at radius 1 is 1.14 bits per heavy atom. The van der Waals surface area contributed by atoms with E-state index >= 15 is 0 Å². The van der Waals surface area contributed by atoms with Crippen LogP contribution in [-0.2, 0) is 24.3 Å². The minimum absolute atomic E-state index is 0.119. The molecule has 3 aromatic rings. The lowest BCUT2D eigenvalue weighted by atomic mass is 10.0. The van der Waals surface area contributed by atoms with E-state index in [1.54, 1.807) is 31.2 Å². The standard InChI is InChI=1S/C22H21ClN4O2/c1-15-11-21(29)27(14-20(28)25-19-8-4-7-18(23)12-19)22(24-15)26-10-9-16-5-2-3-6-17(16)13-26/h2-8,11-12H,9-10,13-14H2,1H3,(H,25,28). The number of hydrogen-bond acceptors (Lipinski definition) is 4. The van der Waals surface area contributed by atoms with Gasteiger partial charge in [0.2, 0.25) is 11.9 Å². The quantitative estimate of drug-likeness (QED) is 0.718. The van der Waals surface area contributed by atoms with Crippen LogP contribution in [0.5, 0.6) is 0 Å². The molecule has 1 amide bonds. The van der Waals surface area contributed by atoms with Crippen LogP contribution < -0.4 is 15.8 Å². The van der Waals surface area contributed by atoms with Crippen molar-refractivity contribution in [1.82, 2.24) is 9.55 Å². The molecular weight excluding hydrogens is 388 g/mol. The molecule has 0 saturated carbocycles. The Morgan fingerprint density at radius 2 is 1.93 bits per heavy atom. The molecule has 2 heterocycles. The van der Waals surface area contributed by atoms with Gasteiger partial charge in [-0.05, 0) is 42.7 Å². The minimum atomic E-state index is -0.307. The van der Waals surface area contributed by atoms with Gasteiger partial charge >= 0.3 is 0 Å². The molecule has 4 rings (SSSR count). The van der Waals surface area contributed by atoms with Crippen molar-refractivity contribution in [3.05, 3.63) is 86.8 Å². The number of anilines is 2. The highest BCUT2D eigenvalue weighted by Crippen LogP contribution is 2.23. The van der Waals surface area contributed by atoms with Crippen LogP contribution in [0.25, 0.3) is 0 Å². The fourth-order valence-corrected chi connectivity index (χ4v) is 3.76. The van der Waals surface area contributed by atoms with Crippen LogP contribution in [0.15, 0.2) is 59.4 Å². The van der Waals surface area contributed by atoms with E-state index in [0.29, 0.717) is 28.9 Å². The van der Waals surface area contributed by atoms with E-state index in [-0.39, 0.29) is 18.0 Å². The van der Waals surface area contributed by atoms with E-state index in [9.17, 15) is 9.59 Å². The predicted octanol–water partition coefficient (Wildman–Crippen LogP) is 3.41. The number of aromatic nitrogens is 2. The van der Waals surface area contributed by atoms with Gasteiger partial charge in [0.25, 0.3) is 5.56 Å². The van der Waals surface area contributed by atoms with Crippen molar-refractivity contribution in [1.29, 1.82) is 0 Å². The van der Waals surface area contributed by atoms with Crippen LogP contribution in [0.1, 0.15) is 16.8 Å². The zero-order valence-electron chi connectivity index (χ0n) is 16.1. The van der Waals surface area contributed by atoms with Crippen molar-refractivity contribution >= 4 is 29.1 Å². The number of amides is 1. The highest BCUT2D eigenvalue weighted by atomic mass is 35.5. The first-order valence-electron chi connectivity index (χ1n) is 9.45. The second kappa shape index (κ2) is 8.09. The molecule has 148 valence electrons. The predicted molar refractivity (Wildman–Crippen MR) is 115 cm³/mol. The molecule has 1 aromatic heterocycles. The maximum absolute atomic E-state index is 12.7. The Kier molecular flexibility index (Phi) is 5.36. The molecule has 0 saturated heterocycles. The van der Waals surface area contributed by atoms with Gasteiger partial charge < -0.3 is 10.2 Å². The summed E-state index contributed by atoms with van der Waals surface area (Å²) in [6, 6.07) is 16.6. The Bertz CT molecular complexity index is 1130. The lowest BCUT2D eigenvalue weighted by molar-refractivity contribution is -0.116. The van der Waals surface area contributed by atoms with Crippen LogP contribution in [-0.4, -0.2) is 22.0 Å². The molecule has 1 aliphatic rings. The Balaban J connectivity index is 1.61. The Labute approximate surface area is 173 Å². The van der Waals surface area contributed by atoms with Crippen LogP contribution in [0, 0.1) is 6.92 Å². The van der Waals surface area contributed by atoms with E-state index < -0.39 is 0 Å². The number of benzene rings is 2. The first kappa shape index (κ1) is 19.2. The number of nitrogens with one attached hydrogen (secondary N) is 1. The number of nitrogens with zero attached hydrogens (tertiary/aromatic N) is 3. The lowest BCUT2D eigenvalue weighted by Gasteiger charge is -2.31. The van der Waals surface area contributed by atoms with Gasteiger partial charge in [-0.15, -0.1) is 0 Å². The van der Waals surface area contributed by atoms with Crippen molar-refractivity contribution in [3.63, 3.8) is 0 Å². The number of halogens is 1. The van der Waals surface area contributed by atoms with Crippen LogP contribution in [0.3, 0.4) is 0 Å². The number of rotatable bonds is 4. The molecule has 0 atom stereocenters. The SMILES string of the molecule is Cc1cc(=O)n(CC(=O)Nc2cccc(Cl)c2)c(N2CCc3ccccc3C2)n1. The van der Waals surface area contributed by atoms with E-state index in [4.69, 9.17) is 11.6 Å². The summed E-state index contributed by atoms with van der Waals surface area (Å²) in [4.78, 5) is 31.9. The van der Waals surface area contributed by atoms with Gasteiger partial charge in [-0.2, -0.15) is 0 Å². The molecule has 1 N–H and O–H groups in total. The van der Waals surface area contributed by atoms with E-state index in [0.717, 1.165) is 13.0 Å². The average Bonchev–Trinajstić information content (AvgIpc) is 2.69. The Hall–Kier alpha value is -3.12. The van der Waals surface area contributed by atoms with Crippen molar-refractivity contribution in [2.75, 3.05) is 16.8 Å². The highest BCUT2D eigenvalue weighted by Gasteiger charge is 2.22. The molecule has 0 unspecified atom stereocenters. The van der Waals surface area contributed by atoms with Gasteiger partial charge in [-0.25, -0.2) is 4.98 Å². The molecule has 0 bridgehead atoms. The number of carbonyl (C=O) groups excluding carboxylic acids is 1. The molecule has 29 heavy (non-hydrogen) atoms. The van der Waals surface area contributed by atoms with E-state index in [1.165, 1.54) is 21.8 Å². The summed E-state index contributed by atoms with van der Waals surface area (Å²) in [5.41, 5.74) is 3.50. The zero-order chi connectivity index (χ0) is 20.4. The molecule has 0 fully saturated rings. The largest absolute Gasteiger partial charge is 0.337 e. The molecule has 0 aliphatic carbocycles. The summed E-state index contributed by atoms with van der Waals surface area (Å²) < 4.78 is 1.43. The summed E-state index contributed by atoms with van der Waals surface area (Å²) in [6.45, 7) is 3.07. The number of hydrogen-bond donors (Lipinski definition) is 1. The fraction of sp³-hybridized carbons (Fsp3) is 0.227. The molecule has 2 aromatic carbocycles. The van der Waals surface area contributed by atoms with Crippen molar-refractivity contribution in [2.24, 2.45) is 0 Å².